The molecule has 1 heteroatoms. The van der Waals surface area contributed by atoms with Gasteiger partial charge >= 0.3 is 0 Å². The van der Waals surface area contributed by atoms with E-state index < -0.39 is 0 Å². The molecular formula is C14H22O. The number of benzene rings is 1. The Labute approximate surface area is 93.1 Å². The zero-order chi connectivity index (χ0) is 11.5. The summed E-state index contributed by atoms with van der Waals surface area (Å²) in [6.07, 6.45) is 0.806. The van der Waals surface area contributed by atoms with Crippen LogP contribution in [0.3, 0.4) is 0 Å². The summed E-state index contributed by atoms with van der Waals surface area (Å²) < 4.78 is 0. The smallest absolute Gasteiger partial charge is 0.0439 e. The van der Waals surface area contributed by atoms with Crippen LogP contribution in [0.1, 0.15) is 39.7 Å². The minimum Gasteiger partial charge on any atom is -0.396 e. The van der Waals surface area contributed by atoms with Gasteiger partial charge in [0.15, 0.2) is 0 Å². The highest BCUT2D eigenvalue weighted by atomic mass is 16.3. The lowest BCUT2D eigenvalue weighted by atomic mass is 9.62. The normalized spacial score (nSPS) is 16.1. The number of hydrogen-bond donors (Lipinski definition) is 1. The maximum atomic E-state index is 9.23. The lowest BCUT2D eigenvalue weighted by molar-refractivity contribution is 0.147. The molecule has 0 saturated heterocycles. The Bertz CT molecular complexity index is 297. The molecule has 0 aliphatic rings. The van der Waals surface area contributed by atoms with Crippen LogP contribution in [0.4, 0.5) is 0 Å². The largest absolute Gasteiger partial charge is 0.396 e. The van der Waals surface area contributed by atoms with Crippen molar-refractivity contribution in [2.45, 2.75) is 39.5 Å². The van der Waals surface area contributed by atoms with E-state index in [1.165, 1.54) is 5.56 Å². The molecular weight excluding hydrogens is 184 g/mol. The van der Waals surface area contributed by atoms with Gasteiger partial charge in [-0.1, -0.05) is 58.0 Å². The van der Waals surface area contributed by atoms with Crippen LogP contribution in [0, 0.1) is 5.41 Å². The van der Waals surface area contributed by atoms with Crippen molar-refractivity contribution in [2.75, 3.05) is 6.61 Å². The average molecular weight is 206 g/mol. The lowest BCUT2D eigenvalue weighted by Crippen LogP contribution is -2.38. The molecule has 1 N–H and O–H groups in total. The third-order valence-corrected chi connectivity index (χ3v) is 3.68. The van der Waals surface area contributed by atoms with Crippen LogP contribution in [-0.4, -0.2) is 11.7 Å². The molecule has 0 fully saturated rings. The second-order valence-corrected chi connectivity index (χ2v) is 5.42. The van der Waals surface area contributed by atoms with Crippen molar-refractivity contribution in [2.24, 2.45) is 5.41 Å². The third kappa shape index (κ3) is 2.40. The number of rotatable bonds is 3. The summed E-state index contributed by atoms with van der Waals surface area (Å²) in [5.41, 5.74) is 1.49. The molecule has 1 aromatic rings. The summed E-state index contributed by atoms with van der Waals surface area (Å²) in [6, 6.07) is 10.5. The highest BCUT2D eigenvalue weighted by Gasteiger charge is 2.38. The maximum Gasteiger partial charge on any atom is 0.0439 e. The third-order valence-electron chi connectivity index (χ3n) is 3.68. The summed E-state index contributed by atoms with van der Waals surface area (Å²) >= 11 is 0. The minimum absolute atomic E-state index is 0.0308. The van der Waals surface area contributed by atoms with Gasteiger partial charge in [-0.25, -0.2) is 0 Å². The molecule has 1 unspecified atom stereocenters. The van der Waals surface area contributed by atoms with Crippen molar-refractivity contribution in [1.82, 2.24) is 0 Å². The van der Waals surface area contributed by atoms with E-state index in [2.05, 4.69) is 52.0 Å². The molecule has 0 amide bonds. The van der Waals surface area contributed by atoms with Crippen LogP contribution in [0.25, 0.3) is 0 Å². The molecule has 0 aliphatic heterocycles. The van der Waals surface area contributed by atoms with Gasteiger partial charge in [-0.15, -0.1) is 0 Å². The van der Waals surface area contributed by atoms with Crippen LogP contribution in [-0.2, 0) is 5.41 Å². The van der Waals surface area contributed by atoms with Crippen LogP contribution in [0.5, 0.6) is 0 Å². The summed E-state index contributed by atoms with van der Waals surface area (Å²) in [7, 11) is 0. The summed E-state index contributed by atoms with van der Waals surface area (Å²) in [6.45, 7) is 9.17. The van der Waals surface area contributed by atoms with Gasteiger partial charge in [0.2, 0.25) is 0 Å². The Hall–Kier alpha value is -0.820. The molecule has 0 aromatic heterocycles. The molecule has 1 nitrogen and oxygen atoms in total. The zero-order valence-electron chi connectivity index (χ0n) is 10.2. The van der Waals surface area contributed by atoms with E-state index in [0.717, 1.165) is 6.42 Å². The van der Waals surface area contributed by atoms with Crippen LogP contribution < -0.4 is 0 Å². The standard InChI is InChI=1S/C14H22O/c1-13(2,3)14(4,10-11-15)12-8-6-5-7-9-12/h5-9,15H,10-11H2,1-4H3. The fourth-order valence-corrected chi connectivity index (χ4v) is 1.98. The predicted molar refractivity (Wildman–Crippen MR) is 65.0 cm³/mol. The molecule has 0 spiro atoms. The Kier molecular flexibility index (Phi) is 3.56. The van der Waals surface area contributed by atoms with Crippen molar-refractivity contribution in [3.05, 3.63) is 35.9 Å². The van der Waals surface area contributed by atoms with Crippen molar-refractivity contribution < 1.29 is 5.11 Å². The molecule has 0 bridgehead atoms. The van der Waals surface area contributed by atoms with Gasteiger partial charge in [-0.3, -0.25) is 0 Å². The highest BCUT2D eigenvalue weighted by molar-refractivity contribution is 5.26. The van der Waals surface area contributed by atoms with Crippen molar-refractivity contribution >= 4 is 0 Å². The second kappa shape index (κ2) is 4.36. The molecule has 1 aromatic carbocycles. The molecule has 0 saturated carbocycles. The Balaban J connectivity index is 3.13. The molecule has 15 heavy (non-hydrogen) atoms. The van der Waals surface area contributed by atoms with Crippen LogP contribution >= 0.6 is 0 Å². The van der Waals surface area contributed by atoms with Gasteiger partial charge in [-0.2, -0.15) is 0 Å². The van der Waals surface area contributed by atoms with E-state index >= 15 is 0 Å². The summed E-state index contributed by atoms with van der Waals surface area (Å²) in [5.74, 6) is 0. The van der Waals surface area contributed by atoms with Gasteiger partial charge in [0.1, 0.15) is 0 Å². The van der Waals surface area contributed by atoms with Gasteiger partial charge < -0.3 is 5.11 Å². The number of aliphatic hydroxyl groups excluding tert-OH is 1. The van der Waals surface area contributed by atoms with Gasteiger partial charge in [0.05, 0.1) is 0 Å². The topological polar surface area (TPSA) is 20.2 Å². The fraction of sp³-hybridized carbons (Fsp3) is 0.571. The SMILES string of the molecule is CC(C)(C)C(C)(CCO)c1ccccc1. The number of hydrogen-bond acceptors (Lipinski definition) is 1. The van der Waals surface area contributed by atoms with Crippen molar-refractivity contribution in [3.63, 3.8) is 0 Å². The first kappa shape index (κ1) is 12.3. The first-order valence-corrected chi connectivity index (χ1v) is 5.58. The van der Waals surface area contributed by atoms with E-state index in [1.54, 1.807) is 0 Å². The molecule has 0 heterocycles. The quantitative estimate of drug-likeness (QED) is 0.804. The number of aliphatic hydroxyl groups is 1. The van der Waals surface area contributed by atoms with E-state index in [9.17, 15) is 5.11 Å². The van der Waals surface area contributed by atoms with E-state index in [0.29, 0.717) is 0 Å². The van der Waals surface area contributed by atoms with E-state index in [4.69, 9.17) is 0 Å². The molecule has 1 rings (SSSR count). The monoisotopic (exact) mass is 206 g/mol. The Morgan fingerprint density at radius 1 is 1.00 bits per heavy atom. The van der Waals surface area contributed by atoms with Crippen LogP contribution in [0.15, 0.2) is 30.3 Å². The highest BCUT2D eigenvalue weighted by Crippen LogP contribution is 2.43. The Morgan fingerprint density at radius 3 is 1.93 bits per heavy atom. The first-order valence-electron chi connectivity index (χ1n) is 5.58. The first-order chi connectivity index (χ1) is 6.92. The average Bonchev–Trinajstić information content (AvgIpc) is 2.18. The molecule has 84 valence electrons. The van der Waals surface area contributed by atoms with E-state index in [-0.39, 0.29) is 17.4 Å². The van der Waals surface area contributed by atoms with E-state index in [1.807, 2.05) is 6.07 Å². The molecule has 0 aliphatic carbocycles. The van der Waals surface area contributed by atoms with Crippen molar-refractivity contribution in [1.29, 1.82) is 0 Å². The zero-order valence-corrected chi connectivity index (χ0v) is 10.2. The summed E-state index contributed by atoms with van der Waals surface area (Å²) in [4.78, 5) is 0. The van der Waals surface area contributed by atoms with Gasteiger partial charge in [0, 0.05) is 6.61 Å². The fourth-order valence-electron chi connectivity index (χ4n) is 1.98. The van der Waals surface area contributed by atoms with Crippen molar-refractivity contribution in [3.8, 4) is 0 Å². The predicted octanol–water partition coefficient (Wildman–Crippen LogP) is 3.37. The maximum absolute atomic E-state index is 9.23. The molecule has 0 radical (unpaired) electrons. The lowest BCUT2D eigenvalue weighted by Gasteiger charge is -2.42. The Morgan fingerprint density at radius 2 is 1.53 bits per heavy atom. The van der Waals surface area contributed by atoms with Gasteiger partial charge in [0.25, 0.3) is 0 Å². The second-order valence-electron chi connectivity index (χ2n) is 5.42. The minimum atomic E-state index is 0.0308. The van der Waals surface area contributed by atoms with Crippen LogP contribution in [0.2, 0.25) is 0 Å². The summed E-state index contributed by atoms with van der Waals surface area (Å²) in [5, 5.41) is 9.23. The molecule has 1 atom stereocenters. The van der Waals surface area contributed by atoms with Gasteiger partial charge in [-0.05, 0) is 22.8 Å².